The molecule has 0 aromatic heterocycles. The lowest BCUT2D eigenvalue weighted by Crippen LogP contribution is -2.58. The minimum Gasteiger partial charge on any atom is -0.481 e. The van der Waals surface area contributed by atoms with E-state index in [0.29, 0.717) is 38.4 Å². The normalized spacial score (nSPS) is 25.5. The molecule has 3 rings (SSSR count). The molecule has 1 aliphatic carbocycles. The Morgan fingerprint density at radius 1 is 1.17 bits per heavy atom. The molecule has 0 radical (unpaired) electrons. The van der Waals surface area contributed by atoms with Crippen molar-refractivity contribution in [2.24, 2.45) is 5.41 Å². The lowest BCUT2D eigenvalue weighted by molar-refractivity contribution is -0.167. The molecule has 1 saturated heterocycles. The Morgan fingerprint density at radius 3 is 2.52 bits per heavy atom. The predicted octanol–water partition coefficient (Wildman–Crippen LogP) is 2.55. The number of aryl methyl sites for hydroxylation is 1. The zero-order valence-electron chi connectivity index (χ0n) is 17.4. The van der Waals surface area contributed by atoms with Gasteiger partial charge in [-0.2, -0.15) is 0 Å². The fourth-order valence-electron chi connectivity index (χ4n) is 4.90. The monoisotopic (exact) mass is 402 g/mol. The SMILES string of the molecule is CN(CC(=O)N1CC[C@@H](O)[C@](CCCc2ccccc2)(C(=O)O)C1)C1CCCC1. The second kappa shape index (κ2) is 9.72. The van der Waals surface area contributed by atoms with E-state index in [1.807, 2.05) is 37.4 Å². The molecule has 0 bridgehead atoms. The van der Waals surface area contributed by atoms with E-state index < -0.39 is 17.5 Å². The number of hydrogen-bond acceptors (Lipinski definition) is 4. The van der Waals surface area contributed by atoms with E-state index in [2.05, 4.69) is 4.90 Å². The summed E-state index contributed by atoms with van der Waals surface area (Å²) in [6.45, 7) is 0.836. The lowest BCUT2D eigenvalue weighted by atomic mass is 9.73. The van der Waals surface area contributed by atoms with Gasteiger partial charge >= 0.3 is 5.97 Å². The number of nitrogens with zero attached hydrogens (tertiary/aromatic N) is 2. The smallest absolute Gasteiger partial charge is 0.314 e. The minimum atomic E-state index is -1.28. The Morgan fingerprint density at radius 2 is 1.86 bits per heavy atom. The van der Waals surface area contributed by atoms with Crippen LogP contribution in [-0.2, 0) is 16.0 Å². The molecule has 2 fully saturated rings. The highest BCUT2D eigenvalue weighted by Gasteiger charge is 2.49. The summed E-state index contributed by atoms with van der Waals surface area (Å²) in [4.78, 5) is 28.9. The van der Waals surface area contributed by atoms with Crippen molar-refractivity contribution in [2.45, 2.75) is 63.5 Å². The van der Waals surface area contributed by atoms with Crippen LogP contribution in [0.4, 0.5) is 0 Å². The highest BCUT2D eigenvalue weighted by Crippen LogP contribution is 2.36. The number of rotatable bonds is 8. The Hall–Kier alpha value is -1.92. The quantitative estimate of drug-likeness (QED) is 0.698. The molecule has 6 nitrogen and oxygen atoms in total. The molecule has 0 spiro atoms. The number of amides is 1. The summed E-state index contributed by atoms with van der Waals surface area (Å²) in [7, 11) is 1.98. The molecule has 29 heavy (non-hydrogen) atoms. The number of carboxylic acid groups (broad SMARTS) is 1. The molecule has 0 unspecified atom stereocenters. The van der Waals surface area contributed by atoms with Gasteiger partial charge in [0, 0.05) is 19.1 Å². The van der Waals surface area contributed by atoms with Crippen LogP contribution in [0.15, 0.2) is 30.3 Å². The third kappa shape index (κ3) is 5.17. The van der Waals surface area contributed by atoms with E-state index >= 15 is 0 Å². The molecule has 6 heteroatoms. The van der Waals surface area contributed by atoms with Crippen molar-refractivity contribution in [3.05, 3.63) is 35.9 Å². The zero-order valence-corrected chi connectivity index (χ0v) is 17.4. The maximum atomic E-state index is 12.9. The number of aliphatic hydroxyl groups is 1. The average Bonchev–Trinajstić information content (AvgIpc) is 3.25. The van der Waals surface area contributed by atoms with Gasteiger partial charge in [-0.3, -0.25) is 14.5 Å². The molecule has 2 aliphatic rings. The van der Waals surface area contributed by atoms with Gasteiger partial charge in [-0.05, 0) is 51.1 Å². The average molecular weight is 403 g/mol. The molecule has 1 amide bonds. The summed E-state index contributed by atoms with van der Waals surface area (Å²) in [5, 5.41) is 20.6. The third-order valence-electron chi connectivity index (χ3n) is 6.83. The van der Waals surface area contributed by atoms with Crippen LogP contribution in [0.3, 0.4) is 0 Å². The van der Waals surface area contributed by atoms with Crippen molar-refractivity contribution in [2.75, 3.05) is 26.7 Å². The maximum absolute atomic E-state index is 12.9. The first kappa shape index (κ1) is 21.8. The van der Waals surface area contributed by atoms with Crippen molar-refractivity contribution < 1.29 is 19.8 Å². The summed E-state index contributed by atoms with van der Waals surface area (Å²) in [5.41, 5.74) is -0.126. The standard InChI is InChI=1S/C23H34N2O4/c1-24(19-11-5-6-12-19)16-21(27)25-15-13-20(26)23(17-25,22(28)29)14-7-10-18-8-3-2-4-9-18/h2-4,8-9,19-20,26H,5-7,10-17H2,1H3,(H,28,29)/t20-,23-/m1/s1. The second-order valence-electron chi connectivity index (χ2n) is 8.77. The summed E-state index contributed by atoms with van der Waals surface area (Å²) in [6, 6.07) is 10.4. The largest absolute Gasteiger partial charge is 0.481 e. The highest BCUT2D eigenvalue weighted by atomic mass is 16.4. The number of carbonyl (C=O) groups excluding carboxylic acids is 1. The Labute approximate surface area is 173 Å². The van der Waals surface area contributed by atoms with Crippen LogP contribution in [0.5, 0.6) is 0 Å². The van der Waals surface area contributed by atoms with Crippen molar-refractivity contribution in [3.8, 4) is 0 Å². The molecule has 1 aromatic rings. The number of carbonyl (C=O) groups is 2. The van der Waals surface area contributed by atoms with Crippen LogP contribution in [0.2, 0.25) is 0 Å². The van der Waals surface area contributed by atoms with E-state index in [1.54, 1.807) is 4.90 Å². The van der Waals surface area contributed by atoms with E-state index in [0.717, 1.165) is 24.8 Å². The summed E-state index contributed by atoms with van der Waals surface area (Å²) < 4.78 is 0. The molecule has 2 N–H and O–H groups in total. The zero-order chi connectivity index (χ0) is 20.9. The second-order valence-corrected chi connectivity index (χ2v) is 8.77. The van der Waals surface area contributed by atoms with Gasteiger partial charge in [0.2, 0.25) is 5.91 Å². The predicted molar refractivity (Wildman–Crippen MR) is 112 cm³/mol. The molecule has 2 atom stereocenters. The molecule has 160 valence electrons. The Kier molecular flexibility index (Phi) is 7.30. The number of hydrogen-bond donors (Lipinski definition) is 2. The number of likely N-dealkylation sites (N-methyl/N-ethyl adjacent to an activating group) is 1. The van der Waals surface area contributed by atoms with Crippen molar-refractivity contribution in [1.82, 2.24) is 9.80 Å². The van der Waals surface area contributed by atoms with Gasteiger partial charge in [-0.15, -0.1) is 0 Å². The van der Waals surface area contributed by atoms with Crippen LogP contribution in [0.1, 0.15) is 50.5 Å². The van der Waals surface area contributed by atoms with Gasteiger partial charge in [-0.25, -0.2) is 0 Å². The fraction of sp³-hybridized carbons (Fsp3) is 0.652. The Balaban J connectivity index is 1.62. The topological polar surface area (TPSA) is 81.1 Å². The molecule has 1 aromatic carbocycles. The van der Waals surface area contributed by atoms with Crippen LogP contribution in [-0.4, -0.2) is 70.7 Å². The molecule has 1 heterocycles. The van der Waals surface area contributed by atoms with Crippen LogP contribution in [0, 0.1) is 5.41 Å². The van der Waals surface area contributed by atoms with E-state index in [9.17, 15) is 19.8 Å². The van der Waals surface area contributed by atoms with Gasteiger partial charge in [0.25, 0.3) is 0 Å². The summed E-state index contributed by atoms with van der Waals surface area (Å²) in [6.07, 6.45) is 5.86. The number of aliphatic hydroxyl groups excluding tert-OH is 1. The first-order chi connectivity index (χ1) is 13.9. The molecular formula is C23H34N2O4. The number of aliphatic carboxylic acids is 1. The van der Waals surface area contributed by atoms with Gasteiger partial charge in [0.15, 0.2) is 0 Å². The van der Waals surface area contributed by atoms with E-state index in [4.69, 9.17) is 0 Å². The highest BCUT2D eigenvalue weighted by molar-refractivity contribution is 5.81. The number of carboxylic acids is 1. The summed E-state index contributed by atoms with van der Waals surface area (Å²) >= 11 is 0. The van der Waals surface area contributed by atoms with Crippen LogP contribution >= 0.6 is 0 Å². The van der Waals surface area contributed by atoms with Gasteiger partial charge in [0.05, 0.1) is 12.6 Å². The first-order valence-corrected chi connectivity index (χ1v) is 10.9. The molecule has 1 aliphatic heterocycles. The van der Waals surface area contributed by atoms with Gasteiger partial charge in [0.1, 0.15) is 5.41 Å². The summed E-state index contributed by atoms with van der Waals surface area (Å²) in [5.74, 6) is -1.03. The van der Waals surface area contributed by atoms with Crippen LogP contribution in [0.25, 0.3) is 0 Å². The van der Waals surface area contributed by atoms with Gasteiger partial charge in [-0.1, -0.05) is 43.2 Å². The molecule has 1 saturated carbocycles. The number of likely N-dealkylation sites (tertiary alicyclic amines) is 1. The van der Waals surface area contributed by atoms with Gasteiger partial charge < -0.3 is 15.1 Å². The van der Waals surface area contributed by atoms with Crippen LogP contribution < -0.4 is 0 Å². The Bertz CT molecular complexity index is 689. The number of piperidine rings is 1. The van der Waals surface area contributed by atoms with Crippen molar-refractivity contribution >= 4 is 11.9 Å². The van der Waals surface area contributed by atoms with E-state index in [1.165, 1.54) is 12.8 Å². The molecular weight excluding hydrogens is 368 g/mol. The van der Waals surface area contributed by atoms with Crippen molar-refractivity contribution in [3.63, 3.8) is 0 Å². The fourth-order valence-corrected chi connectivity index (χ4v) is 4.90. The first-order valence-electron chi connectivity index (χ1n) is 10.9. The lowest BCUT2D eigenvalue weighted by Gasteiger charge is -2.44. The van der Waals surface area contributed by atoms with E-state index in [-0.39, 0.29) is 12.5 Å². The van der Waals surface area contributed by atoms with Crippen molar-refractivity contribution in [1.29, 1.82) is 0 Å². The number of benzene rings is 1. The third-order valence-corrected chi connectivity index (χ3v) is 6.83. The maximum Gasteiger partial charge on any atom is 0.314 e. The minimum absolute atomic E-state index is 0.0278.